The van der Waals surface area contributed by atoms with Crippen molar-refractivity contribution in [3.05, 3.63) is 90.1 Å². The van der Waals surface area contributed by atoms with Gasteiger partial charge in [-0.05, 0) is 57.9 Å². The second-order valence-corrected chi connectivity index (χ2v) is 12.0. The molecule has 0 aromatic carbocycles. The van der Waals surface area contributed by atoms with Crippen molar-refractivity contribution in [3.8, 4) is 0 Å². The van der Waals surface area contributed by atoms with Crippen LogP contribution in [0.3, 0.4) is 0 Å². The van der Waals surface area contributed by atoms with E-state index >= 15 is 0 Å². The topological polar surface area (TPSA) is 137 Å². The molecule has 234 valence electrons. The number of ketones is 1. The number of fused-ring (bicyclic) bond motifs is 7. The van der Waals surface area contributed by atoms with E-state index in [1.165, 1.54) is 0 Å². The van der Waals surface area contributed by atoms with Crippen molar-refractivity contribution in [1.82, 2.24) is 15.0 Å². The number of carbonyl (C=O) groups is 3. The summed E-state index contributed by atoms with van der Waals surface area (Å²) in [7, 11) is 0. The van der Waals surface area contributed by atoms with Gasteiger partial charge in [0.15, 0.2) is 5.78 Å². The van der Waals surface area contributed by atoms with Gasteiger partial charge < -0.3 is 30.1 Å². The van der Waals surface area contributed by atoms with Crippen LogP contribution in [0.15, 0.2) is 18.0 Å². The minimum Gasteiger partial charge on any atom is -0.664 e. The molecular formula is C36H36MgN4O5-2. The van der Waals surface area contributed by atoms with E-state index in [-0.39, 0.29) is 53.9 Å². The third-order valence-electron chi connectivity index (χ3n) is 9.52. The second-order valence-electron chi connectivity index (χ2n) is 12.0. The van der Waals surface area contributed by atoms with Crippen molar-refractivity contribution in [1.29, 1.82) is 0 Å². The zero-order valence-corrected chi connectivity index (χ0v) is 28.6. The fraction of sp³-hybridized carbons (Fsp3) is 0.361. The van der Waals surface area contributed by atoms with Gasteiger partial charge in [-0.3, -0.25) is 14.4 Å². The van der Waals surface area contributed by atoms with E-state index in [9.17, 15) is 19.5 Å². The Kier molecular flexibility index (Phi) is 9.16. The molecule has 0 radical (unpaired) electrons. The molecule has 0 unspecified atom stereocenters. The van der Waals surface area contributed by atoms with E-state index in [2.05, 4.69) is 13.5 Å². The Labute approximate surface area is 284 Å². The number of aromatic nitrogens is 3. The Balaban J connectivity index is 0.00000417. The first-order chi connectivity index (χ1) is 21.5. The maximum Gasteiger partial charge on any atom is 2.00 e. The molecule has 0 spiro atoms. The van der Waals surface area contributed by atoms with Crippen molar-refractivity contribution in [2.24, 2.45) is 17.8 Å². The van der Waals surface area contributed by atoms with Crippen LogP contribution < -0.4 is 25.7 Å². The minimum absolute atomic E-state index is 0. The molecule has 46 heavy (non-hydrogen) atoms. The number of ether oxygens (including phenoxy) is 1. The van der Waals surface area contributed by atoms with Crippen LogP contribution in [-0.2, 0) is 20.7 Å². The Morgan fingerprint density at radius 2 is 1.67 bits per heavy atom. The van der Waals surface area contributed by atoms with E-state index in [0.717, 1.165) is 50.8 Å². The summed E-state index contributed by atoms with van der Waals surface area (Å²) >= 11 is 0. The second kappa shape index (κ2) is 12.6. The number of Topliss-reactive ketones (excluding diaryl/α,β-unsaturated/α-hetero) is 1. The van der Waals surface area contributed by atoms with Gasteiger partial charge in [-0.15, -0.1) is 33.5 Å². The van der Waals surface area contributed by atoms with Crippen LogP contribution in [0.5, 0.6) is 0 Å². The largest absolute Gasteiger partial charge is 2.00 e. The third kappa shape index (κ3) is 5.21. The number of aliphatic carboxylic acids is 1. The van der Waals surface area contributed by atoms with E-state index in [0.29, 0.717) is 45.9 Å². The van der Waals surface area contributed by atoms with Gasteiger partial charge in [-0.1, -0.05) is 72.6 Å². The smallest absolute Gasteiger partial charge is 0.664 e. The summed E-state index contributed by atoms with van der Waals surface area (Å²) < 4.78 is 5.21. The average molecular weight is 629 g/mol. The SMILES string of the molecule is C=Cc1c2[n-]c(c1C)/C=C1\[N-]/C(=C3\c4[n-]c(c(C)c4C(=O)[C@@H]3C(=O)O)/C=c3\[n-]/c(c(C)c3CC)=C\2)[C@@H](CCC(=O)OCC)[C@@H]1C.[Mg+2]. The summed E-state index contributed by atoms with van der Waals surface area (Å²) in [5.74, 6) is -4.06. The minimum atomic E-state index is -1.44. The van der Waals surface area contributed by atoms with E-state index in [1.54, 1.807) is 19.9 Å². The van der Waals surface area contributed by atoms with Crippen LogP contribution in [-0.4, -0.2) is 52.5 Å². The molecule has 8 bridgehead atoms. The first-order valence-corrected chi connectivity index (χ1v) is 15.4. The number of esters is 1. The first-order valence-electron chi connectivity index (χ1n) is 15.4. The van der Waals surface area contributed by atoms with Crippen LogP contribution in [0.4, 0.5) is 0 Å². The number of carboxylic acids is 1. The molecule has 1 fully saturated rings. The van der Waals surface area contributed by atoms with Crippen LogP contribution >= 0.6 is 0 Å². The van der Waals surface area contributed by atoms with Crippen LogP contribution in [0, 0.1) is 38.5 Å². The van der Waals surface area contributed by atoms with E-state index in [4.69, 9.17) is 25.0 Å². The Morgan fingerprint density at radius 1 is 0.978 bits per heavy atom. The zero-order valence-electron chi connectivity index (χ0n) is 27.2. The summed E-state index contributed by atoms with van der Waals surface area (Å²) in [6, 6.07) is 0. The maximum absolute atomic E-state index is 13.8. The molecule has 10 heteroatoms. The molecule has 5 heterocycles. The van der Waals surface area contributed by atoms with Crippen molar-refractivity contribution in [2.45, 2.75) is 60.8 Å². The van der Waals surface area contributed by atoms with Crippen molar-refractivity contribution in [3.63, 3.8) is 0 Å². The standard InChI is InChI=1S/C36H38N4O5.Mg/c1-8-20-16(4)23-13-25-18(6)22(11-12-29(41)45-10-3)33(39-25)31-32(36(43)44)35(42)30-19(7)26(40-34(30)31)15-28-21(9-2)17(5)24(38-28)14-27(20)37-23;/h8,13-15,18,22,32H,1,9-12H2,2-7H3,(H3,39,40,42,43,44);/q-2;+2/p-2/b24-14-,25-13-,28-15-;/t18-,22-,32+;/m0./s1. The monoisotopic (exact) mass is 628 g/mol. The molecule has 1 N–H and O–H groups in total. The number of rotatable bonds is 7. The summed E-state index contributed by atoms with van der Waals surface area (Å²) in [5.41, 5.74) is 8.74. The molecule has 3 aromatic rings. The fourth-order valence-corrected chi connectivity index (χ4v) is 7.05. The fourth-order valence-electron chi connectivity index (χ4n) is 7.05. The van der Waals surface area contributed by atoms with Crippen LogP contribution in [0.25, 0.3) is 35.2 Å². The normalized spacial score (nSPS) is 23.7. The van der Waals surface area contributed by atoms with Gasteiger partial charge in [-0.2, -0.15) is 11.4 Å². The maximum atomic E-state index is 13.8. The van der Waals surface area contributed by atoms with Crippen molar-refractivity contribution >= 4 is 70.7 Å². The number of hydrogen-bond acceptors (Lipinski definition) is 4. The van der Waals surface area contributed by atoms with Crippen LogP contribution in [0.2, 0.25) is 0 Å². The van der Waals surface area contributed by atoms with Gasteiger partial charge in [0.25, 0.3) is 0 Å². The number of carbonyl (C=O) groups excluding carboxylic acids is 2. The molecule has 3 aromatic heterocycles. The van der Waals surface area contributed by atoms with Gasteiger partial charge in [0.1, 0.15) is 5.92 Å². The molecule has 6 rings (SSSR count). The molecule has 0 saturated carbocycles. The molecule has 2 aliphatic heterocycles. The van der Waals surface area contributed by atoms with Gasteiger partial charge in [0.2, 0.25) is 0 Å². The van der Waals surface area contributed by atoms with Crippen LogP contribution in [0.1, 0.15) is 94.6 Å². The average Bonchev–Trinajstić information content (AvgIpc) is 3.73. The predicted molar refractivity (Wildman–Crippen MR) is 177 cm³/mol. The van der Waals surface area contributed by atoms with Crippen molar-refractivity contribution < 1.29 is 24.2 Å². The van der Waals surface area contributed by atoms with E-state index in [1.807, 2.05) is 39.0 Å². The number of carboxylic acid groups (broad SMARTS) is 1. The number of hydrogen-bond donors (Lipinski definition) is 1. The zero-order chi connectivity index (χ0) is 32.3. The number of nitrogens with zero attached hydrogens (tertiary/aromatic N) is 4. The third-order valence-corrected chi connectivity index (χ3v) is 9.52. The van der Waals surface area contributed by atoms with Gasteiger partial charge in [-0.25, -0.2) is 0 Å². The van der Waals surface area contributed by atoms with Gasteiger partial charge in [0, 0.05) is 12.0 Å². The quantitative estimate of drug-likeness (QED) is 0.236. The Hall–Kier alpha value is -4.02. The van der Waals surface area contributed by atoms with Crippen molar-refractivity contribution in [2.75, 3.05) is 6.61 Å². The predicted octanol–water partition coefficient (Wildman–Crippen LogP) is 3.91. The molecule has 3 atom stereocenters. The summed E-state index contributed by atoms with van der Waals surface area (Å²) in [4.78, 5) is 53.9. The molecule has 0 amide bonds. The molecule has 1 aliphatic carbocycles. The number of allylic oxidation sites excluding steroid dienone is 2. The summed E-state index contributed by atoms with van der Waals surface area (Å²) in [6.07, 6.45) is 8.83. The van der Waals surface area contributed by atoms with Gasteiger partial charge >= 0.3 is 35.0 Å². The Morgan fingerprint density at radius 3 is 2.33 bits per heavy atom. The Bertz CT molecular complexity index is 1990. The molecule has 3 aliphatic rings. The molecule has 1 saturated heterocycles. The summed E-state index contributed by atoms with van der Waals surface area (Å²) in [6.45, 7) is 16.0. The molecular weight excluding hydrogens is 593 g/mol. The molecule has 9 nitrogen and oxygen atoms in total. The van der Waals surface area contributed by atoms with E-state index < -0.39 is 17.7 Å². The first kappa shape index (κ1) is 33.3. The summed E-state index contributed by atoms with van der Waals surface area (Å²) in [5, 5.41) is 16.9. The van der Waals surface area contributed by atoms with Gasteiger partial charge in [0.05, 0.1) is 6.61 Å².